The highest BCUT2D eigenvalue weighted by Crippen LogP contribution is 2.37. The minimum absolute atomic E-state index is 0.0378. The largest absolute Gasteiger partial charge is 0.495 e. The van der Waals surface area contributed by atoms with E-state index < -0.39 is 26.0 Å². The second-order valence-corrected chi connectivity index (χ2v) is 10.5. The number of amides is 1. The van der Waals surface area contributed by atoms with Crippen LogP contribution in [0.4, 0.5) is 11.4 Å². The Morgan fingerprint density at radius 3 is 2.33 bits per heavy atom. The van der Waals surface area contributed by atoms with E-state index in [0.29, 0.717) is 9.87 Å². The first-order chi connectivity index (χ1) is 14.0. The van der Waals surface area contributed by atoms with E-state index in [-0.39, 0.29) is 45.0 Å². The number of benzene rings is 2. The average Bonchev–Trinajstić information content (AvgIpc) is 2.95. The third-order valence-electron chi connectivity index (χ3n) is 4.49. The van der Waals surface area contributed by atoms with E-state index in [2.05, 4.69) is 4.72 Å². The van der Waals surface area contributed by atoms with Crippen molar-refractivity contribution in [1.82, 2.24) is 0 Å². The first-order valence-corrected chi connectivity index (χ1v) is 12.1. The zero-order valence-corrected chi connectivity index (χ0v) is 18.7. The van der Waals surface area contributed by atoms with Crippen LogP contribution in [0.1, 0.15) is 12.0 Å². The number of rotatable bonds is 6. The fourth-order valence-electron chi connectivity index (χ4n) is 3.01. The second-order valence-electron chi connectivity index (χ2n) is 6.47. The minimum Gasteiger partial charge on any atom is -0.495 e. The van der Waals surface area contributed by atoms with Gasteiger partial charge >= 0.3 is 0 Å². The molecule has 0 spiro atoms. The molecule has 1 aliphatic heterocycles. The van der Waals surface area contributed by atoms with Crippen molar-refractivity contribution < 1.29 is 31.1 Å². The number of carbonyl (C=O) groups excluding carboxylic acids is 1. The van der Waals surface area contributed by atoms with Crippen LogP contribution >= 0.6 is 11.6 Å². The fraction of sp³-hybridized carbons (Fsp3) is 0.278. The molecule has 1 saturated heterocycles. The molecule has 12 heteroatoms. The van der Waals surface area contributed by atoms with Crippen LogP contribution in [0.3, 0.4) is 0 Å². The molecule has 0 saturated carbocycles. The Bertz CT molecular complexity index is 1230. The standard InChI is InChI=1S/C18H19ClN2O7S2/c1-11-4-5-12(21-18(22)6-7-29(21,23)24)8-17(11)30(25,26)20-14-10-15(27-2)13(19)9-16(14)28-3/h4-5,8-10,20H,6-7H2,1-3H3. The Kier molecular flexibility index (Phi) is 5.89. The van der Waals surface area contributed by atoms with Crippen molar-refractivity contribution in [1.29, 1.82) is 0 Å². The van der Waals surface area contributed by atoms with Crippen LogP contribution < -0.4 is 18.5 Å². The van der Waals surface area contributed by atoms with Gasteiger partial charge in [0.05, 0.1) is 41.3 Å². The summed E-state index contributed by atoms with van der Waals surface area (Å²) in [7, 11) is -5.28. The van der Waals surface area contributed by atoms with E-state index in [4.69, 9.17) is 21.1 Å². The van der Waals surface area contributed by atoms with Gasteiger partial charge in [-0.15, -0.1) is 0 Å². The summed E-state index contributed by atoms with van der Waals surface area (Å²) in [4.78, 5) is 11.9. The summed E-state index contributed by atoms with van der Waals surface area (Å²) in [6.45, 7) is 1.55. The Hall–Kier alpha value is -2.50. The van der Waals surface area contributed by atoms with Crippen molar-refractivity contribution in [3.63, 3.8) is 0 Å². The number of nitrogens with one attached hydrogen (secondary N) is 1. The molecule has 30 heavy (non-hydrogen) atoms. The van der Waals surface area contributed by atoms with Gasteiger partial charge < -0.3 is 9.47 Å². The summed E-state index contributed by atoms with van der Waals surface area (Å²) in [5.41, 5.74) is 0.396. The van der Waals surface area contributed by atoms with Crippen LogP contribution in [0.2, 0.25) is 5.02 Å². The molecule has 1 fully saturated rings. The SMILES string of the molecule is COc1cc(NS(=O)(=O)c2cc(N3C(=O)CCS3(=O)=O)ccc2C)c(OC)cc1Cl. The van der Waals surface area contributed by atoms with Crippen molar-refractivity contribution in [2.24, 2.45) is 0 Å². The Morgan fingerprint density at radius 1 is 1.10 bits per heavy atom. The van der Waals surface area contributed by atoms with E-state index in [1.807, 2.05) is 0 Å². The van der Waals surface area contributed by atoms with Crippen molar-refractivity contribution in [3.05, 3.63) is 40.9 Å². The number of methoxy groups -OCH3 is 2. The van der Waals surface area contributed by atoms with Gasteiger partial charge in [-0.05, 0) is 24.6 Å². The molecule has 9 nitrogen and oxygen atoms in total. The van der Waals surface area contributed by atoms with E-state index in [1.54, 1.807) is 6.92 Å². The van der Waals surface area contributed by atoms with E-state index in [1.165, 1.54) is 38.5 Å². The number of aryl methyl sites for hydroxylation is 1. The number of halogens is 1. The van der Waals surface area contributed by atoms with Crippen molar-refractivity contribution in [3.8, 4) is 11.5 Å². The molecular weight excluding hydrogens is 456 g/mol. The van der Waals surface area contributed by atoms with Gasteiger partial charge in [0.1, 0.15) is 11.5 Å². The van der Waals surface area contributed by atoms with Crippen molar-refractivity contribution in [2.75, 3.05) is 29.0 Å². The Labute approximate surface area is 179 Å². The van der Waals surface area contributed by atoms with Gasteiger partial charge in [-0.2, -0.15) is 0 Å². The summed E-state index contributed by atoms with van der Waals surface area (Å²) in [5, 5.41) is 0.230. The predicted octanol–water partition coefficient (Wildman–Crippen LogP) is 2.53. The number of ether oxygens (including phenoxy) is 2. The van der Waals surface area contributed by atoms with Gasteiger partial charge in [-0.3, -0.25) is 9.52 Å². The second kappa shape index (κ2) is 7.97. The lowest BCUT2D eigenvalue weighted by atomic mass is 10.2. The number of hydrogen-bond donors (Lipinski definition) is 1. The van der Waals surface area contributed by atoms with E-state index in [9.17, 15) is 21.6 Å². The number of nitrogens with zero attached hydrogens (tertiary/aromatic N) is 1. The van der Waals surface area contributed by atoms with Crippen LogP contribution in [-0.4, -0.2) is 42.7 Å². The summed E-state index contributed by atoms with van der Waals surface area (Å²) in [6, 6.07) is 6.74. The molecule has 162 valence electrons. The van der Waals surface area contributed by atoms with E-state index >= 15 is 0 Å². The van der Waals surface area contributed by atoms with Crippen LogP contribution in [0.25, 0.3) is 0 Å². The topological polar surface area (TPSA) is 119 Å². The molecule has 1 amide bonds. The molecule has 0 atom stereocenters. The number of anilines is 2. The molecule has 0 unspecified atom stereocenters. The Balaban J connectivity index is 2.07. The lowest BCUT2D eigenvalue weighted by molar-refractivity contribution is -0.116. The summed E-state index contributed by atoms with van der Waals surface area (Å²) in [5.74, 6) is -0.536. The molecule has 1 heterocycles. The van der Waals surface area contributed by atoms with Gasteiger partial charge in [0, 0.05) is 18.6 Å². The average molecular weight is 475 g/mol. The molecule has 0 aromatic heterocycles. The van der Waals surface area contributed by atoms with Gasteiger partial charge in [-0.1, -0.05) is 17.7 Å². The molecule has 3 rings (SSSR count). The zero-order chi connectivity index (χ0) is 22.3. The summed E-state index contributed by atoms with van der Waals surface area (Å²) < 4.78 is 63.9. The minimum atomic E-state index is -4.18. The lowest BCUT2D eigenvalue weighted by Gasteiger charge is -2.18. The third-order valence-corrected chi connectivity index (χ3v) is 7.99. The molecule has 1 N–H and O–H groups in total. The fourth-order valence-corrected chi connectivity index (χ4v) is 6.02. The molecular formula is C18H19ClN2O7S2. The number of hydrogen-bond acceptors (Lipinski definition) is 7. The summed E-state index contributed by atoms with van der Waals surface area (Å²) in [6.07, 6.45) is -0.154. The Morgan fingerprint density at radius 2 is 1.77 bits per heavy atom. The highest BCUT2D eigenvalue weighted by molar-refractivity contribution is 7.94. The first kappa shape index (κ1) is 22.2. The maximum Gasteiger partial charge on any atom is 0.262 e. The van der Waals surface area contributed by atoms with Gasteiger partial charge in [0.2, 0.25) is 15.9 Å². The first-order valence-electron chi connectivity index (χ1n) is 8.61. The third kappa shape index (κ3) is 4.05. The molecule has 2 aromatic carbocycles. The molecule has 1 aliphatic rings. The normalized spacial score (nSPS) is 15.9. The van der Waals surface area contributed by atoms with Crippen LogP contribution in [0.15, 0.2) is 35.2 Å². The van der Waals surface area contributed by atoms with Gasteiger partial charge in [0.25, 0.3) is 10.0 Å². The maximum atomic E-state index is 13.1. The molecule has 0 radical (unpaired) electrons. The highest BCUT2D eigenvalue weighted by Gasteiger charge is 2.37. The molecule has 0 bridgehead atoms. The van der Waals surface area contributed by atoms with Crippen LogP contribution in [0, 0.1) is 6.92 Å². The highest BCUT2D eigenvalue weighted by atomic mass is 35.5. The quantitative estimate of drug-likeness (QED) is 0.683. The monoisotopic (exact) mass is 474 g/mol. The van der Waals surface area contributed by atoms with Gasteiger partial charge in [-0.25, -0.2) is 21.1 Å². The van der Waals surface area contributed by atoms with Crippen molar-refractivity contribution in [2.45, 2.75) is 18.2 Å². The van der Waals surface area contributed by atoms with Crippen molar-refractivity contribution >= 4 is 48.9 Å². The predicted molar refractivity (Wildman–Crippen MR) is 112 cm³/mol. The number of sulfonamides is 2. The number of carbonyl (C=O) groups is 1. The zero-order valence-electron chi connectivity index (χ0n) is 16.3. The van der Waals surface area contributed by atoms with Crippen LogP contribution in [-0.2, 0) is 24.8 Å². The van der Waals surface area contributed by atoms with Crippen LogP contribution in [0.5, 0.6) is 11.5 Å². The van der Waals surface area contributed by atoms with E-state index in [0.717, 1.165) is 6.07 Å². The molecule has 0 aliphatic carbocycles. The van der Waals surface area contributed by atoms with Gasteiger partial charge in [0.15, 0.2) is 0 Å². The smallest absolute Gasteiger partial charge is 0.262 e. The summed E-state index contributed by atoms with van der Waals surface area (Å²) >= 11 is 6.05. The maximum absolute atomic E-state index is 13.1. The molecule has 2 aromatic rings. The lowest BCUT2D eigenvalue weighted by Crippen LogP contribution is -2.29.